The molecule has 21 heavy (non-hydrogen) atoms. The van der Waals surface area contributed by atoms with Gasteiger partial charge in [0.15, 0.2) is 0 Å². The highest BCUT2D eigenvalue weighted by Crippen LogP contribution is 2.34. The number of carbonyl (C=O) groups excluding carboxylic acids is 2. The van der Waals surface area contributed by atoms with Crippen molar-refractivity contribution in [2.24, 2.45) is 0 Å². The van der Waals surface area contributed by atoms with E-state index in [9.17, 15) is 9.59 Å². The van der Waals surface area contributed by atoms with Gasteiger partial charge in [-0.25, -0.2) is 9.59 Å². The van der Waals surface area contributed by atoms with Crippen molar-refractivity contribution in [3.63, 3.8) is 0 Å². The molecule has 1 aromatic heterocycles. The fourth-order valence-corrected chi connectivity index (χ4v) is 2.83. The first-order valence-electron chi connectivity index (χ1n) is 6.01. The molecule has 0 radical (unpaired) electrons. The van der Waals surface area contributed by atoms with Gasteiger partial charge in [0, 0.05) is 0 Å². The smallest absolute Gasteiger partial charge is 0.415 e. The van der Waals surface area contributed by atoms with Crippen molar-refractivity contribution in [1.29, 1.82) is 0 Å². The third-order valence-corrected chi connectivity index (χ3v) is 3.49. The summed E-state index contributed by atoms with van der Waals surface area (Å²) in [6.45, 7) is 5.77. The van der Waals surface area contributed by atoms with E-state index < -0.39 is 16.0 Å². The molecule has 0 unspecified atom stereocenters. The molecule has 0 aliphatic rings. The maximum absolute atomic E-state index is 12.0. The first kappa shape index (κ1) is 18.4. The molecule has 118 valence electrons. The zero-order valence-corrected chi connectivity index (χ0v) is 14.6. The van der Waals surface area contributed by atoms with Crippen LogP contribution in [0.1, 0.15) is 42.6 Å². The number of anilines is 1. The number of nitrogens with one attached hydrogen (secondary N) is 1. The summed E-state index contributed by atoms with van der Waals surface area (Å²) >= 11 is 17.3. The van der Waals surface area contributed by atoms with E-state index in [-0.39, 0.29) is 23.1 Å². The summed E-state index contributed by atoms with van der Waals surface area (Å²) in [5.41, 5.74) is 1.06. The Balaban J connectivity index is 3.02. The highest BCUT2D eigenvalue weighted by molar-refractivity contribution is 7.15. The largest absolute Gasteiger partial charge is 0.462 e. The molecule has 0 spiro atoms. The lowest BCUT2D eigenvalue weighted by atomic mass is 10.0. The minimum Gasteiger partial charge on any atom is -0.462 e. The zero-order valence-electron chi connectivity index (χ0n) is 11.5. The SMILES string of the molecule is CCOC(=O)c1c(C(C)C)csc1NC(=O)OC(Cl)(Cl)Cl. The van der Waals surface area contributed by atoms with Crippen LogP contribution in [0.5, 0.6) is 0 Å². The van der Waals surface area contributed by atoms with E-state index in [1.165, 1.54) is 11.3 Å². The Bertz CT molecular complexity index is 525. The molecule has 0 aromatic carbocycles. The topological polar surface area (TPSA) is 64.6 Å². The van der Waals surface area contributed by atoms with Crippen LogP contribution in [0.25, 0.3) is 0 Å². The molecule has 0 aliphatic heterocycles. The number of amides is 1. The van der Waals surface area contributed by atoms with Crippen LogP contribution in [0, 0.1) is 0 Å². The molecule has 0 saturated heterocycles. The predicted molar refractivity (Wildman–Crippen MR) is 84.8 cm³/mol. The maximum atomic E-state index is 12.0. The number of hydrogen-bond donors (Lipinski definition) is 1. The molecule has 0 atom stereocenters. The van der Waals surface area contributed by atoms with Crippen molar-refractivity contribution >= 4 is 63.2 Å². The number of alkyl halides is 3. The van der Waals surface area contributed by atoms with Crippen molar-refractivity contribution in [3.05, 3.63) is 16.5 Å². The molecule has 0 aliphatic carbocycles. The van der Waals surface area contributed by atoms with Gasteiger partial charge in [0.05, 0.1) is 12.2 Å². The Morgan fingerprint density at radius 3 is 2.48 bits per heavy atom. The van der Waals surface area contributed by atoms with Gasteiger partial charge < -0.3 is 9.47 Å². The average molecular weight is 375 g/mol. The van der Waals surface area contributed by atoms with Crippen LogP contribution in [0.2, 0.25) is 0 Å². The second-order valence-electron chi connectivity index (χ2n) is 4.23. The van der Waals surface area contributed by atoms with Crippen LogP contribution in [-0.4, -0.2) is 22.6 Å². The number of hydrogen-bond acceptors (Lipinski definition) is 5. The van der Waals surface area contributed by atoms with Gasteiger partial charge in [-0.15, -0.1) is 11.3 Å². The highest BCUT2D eigenvalue weighted by atomic mass is 35.6. The lowest BCUT2D eigenvalue weighted by Crippen LogP contribution is -2.22. The fraction of sp³-hybridized carbons (Fsp3) is 0.500. The lowest BCUT2D eigenvalue weighted by molar-refractivity contribution is 0.0526. The minimum absolute atomic E-state index is 0.0837. The molecule has 9 heteroatoms. The number of carbonyl (C=O) groups is 2. The second kappa shape index (κ2) is 7.54. The van der Waals surface area contributed by atoms with Gasteiger partial charge in [0.2, 0.25) is 0 Å². The molecule has 1 N–H and O–H groups in total. The van der Waals surface area contributed by atoms with Gasteiger partial charge in [-0.05, 0) is 58.6 Å². The fourth-order valence-electron chi connectivity index (χ4n) is 1.53. The van der Waals surface area contributed by atoms with E-state index in [0.717, 1.165) is 5.56 Å². The van der Waals surface area contributed by atoms with E-state index in [2.05, 4.69) is 10.1 Å². The molecule has 0 saturated carbocycles. The van der Waals surface area contributed by atoms with Crippen LogP contribution in [0.15, 0.2) is 5.38 Å². The van der Waals surface area contributed by atoms with E-state index >= 15 is 0 Å². The summed E-state index contributed by atoms with van der Waals surface area (Å²) in [4.78, 5) is 23.6. The van der Waals surface area contributed by atoms with Crippen LogP contribution in [0.4, 0.5) is 9.80 Å². The molecular weight excluding hydrogens is 361 g/mol. The zero-order chi connectivity index (χ0) is 16.2. The van der Waals surface area contributed by atoms with Gasteiger partial charge in [-0.1, -0.05) is 13.8 Å². The van der Waals surface area contributed by atoms with Crippen LogP contribution in [-0.2, 0) is 9.47 Å². The minimum atomic E-state index is -2.17. The third-order valence-electron chi connectivity index (χ3n) is 2.35. The highest BCUT2D eigenvalue weighted by Gasteiger charge is 2.28. The van der Waals surface area contributed by atoms with Gasteiger partial charge in [0.25, 0.3) is 0 Å². The molecular formula is C12H14Cl3NO4S. The Hall–Kier alpha value is -0.690. The predicted octanol–water partition coefficient (Wildman–Crippen LogP) is 4.92. The van der Waals surface area contributed by atoms with Crippen molar-refractivity contribution in [2.75, 3.05) is 11.9 Å². The Labute approximate surface area is 141 Å². The first-order chi connectivity index (χ1) is 9.65. The monoisotopic (exact) mass is 373 g/mol. The summed E-state index contributed by atoms with van der Waals surface area (Å²) in [5, 5.41) is 4.44. The van der Waals surface area contributed by atoms with Crippen molar-refractivity contribution < 1.29 is 19.1 Å². The van der Waals surface area contributed by atoms with Crippen molar-refractivity contribution in [2.45, 2.75) is 30.7 Å². The van der Waals surface area contributed by atoms with Gasteiger partial charge in [-0.2, -0.15) is 0 Å². The van der Waals surface area contributed by atoms with Gasteiger partial charge in [-0.3, -0.25) is 5.32 Å². The maximum Gasteiger partial charge on any atom is 0.415 e. The Kier molecular flexibility index (Phi) is 6.59. The van der Waals surface area contributed by atoms with Crippen molar-refractivity contribution in [1.82, 2.24) is 0 Å². The van der Waals surface area contributed by atoms with E-state index in [0.29, 0.717) is 0 Å². The van der Waals surface area contributed by atoms with E-state index in [1.807, 2.05) is 13.8 Å². The third kappa shape index (κ3) is 5.54. The van der Waals surface area contributed by atoms with E-state index in [4.69, 9.17) is 39.5 Å². The van der Waals surface area contributed by atoms with Gasteiger partial charge in [0.1, 0.15) is 5.00 Å². The molecule has 5 nitrogen and oxygen atoms in total. The molecule has 1 amide bonds. The normalized spacial score (nSPS) is 11.4. The number of halogens is 3. The number of esters is 1. The average Bonchev–Trinajstić information content (AvgIpc) is 2.70. The van der Waals surface area contributed by atoms with Gasteiger partial charge >= 0.3 is 16.0 Å². The lowest BCUT2D eigenvalue weighted by Gasteiger charge is -2.13. The van der Waals surface area contributed by atoms with Crippen LogP contribution in [0.3, 0.4) is 0 Å². The summed E-state index contributed by atoms with van der Waals surface area (Å²) < 4.78 is 7.33. The van der Waals surface area contributed by atoms with Crippen molar-refractivity contribution in [3.8, 4) is 0 Å². The summed E-state index contributed by atoms with van der Waals surface area (Å²) in [7, 11) is 0. The standard InChI is InChI=1S/C12H14Cl3NO4S/c1-4-19-10(17)8-7(6(2)3)5-21-9(8)16-11(18)20-12(13,14)15/h5-6H,4H2,1-3H3,(H,16,18). The first-order valence-corrected chi connectivity index (χ1v) is 8.02. The molecule has 1 rings (SSSR count). The second-order valence-corrected chi connectivity index (χ2v) is 7.29. The quantitative estimate of drug-likeness (QED) is 0.600. The molecule has 0 bridgehead atoms. The van der Waals surface area contributed by atoms with Crippen LogP contribution < -0.4 is 5.32 Å². The summed E-state index contributed by atoms with van der Waals surface area (Å²) in [6.07, 6.45) is -0.974. The molecule has 0 fully saturated rings. The number of ether oxygens (including phenoxy) is 2. The molecule has 1 aromatic rings. The summed E-state index contributed by atoms with van der Waals surface area (Å²) in [6, 6.07) is 0. The number of thiophene rings is 1. The Morgan fingerprint density at radius 2 is 2.00 bits per heavy atom. The Morgan fingerprint density at radius 1 is 1.38 bits per heavy atom. The van der Waals surface area contributed by atoms with E-state index in [1.54, 1.807) is 12.3 Å². The summed E-state index contributed by atoms with van der Waals surface area (Å²) in [5.74, 6) is -0.438. The van der Waals surface area contributed by atoms with Crippen LogP contribution >= 0.6 is 46.1 Å². The molecule has 1 heterocycles. The number of rotatable bonds is 4.